The SMILES string of the molecule is CC(=O)OC/C=C(\C)CC/C=C(\C)CCC(=O)C(C)(C)O. The van der Waals surface area contributed by atoms with Gasteiger partial charge < -0.3 is 9.84 Å². The van der Waals surface area contributed by atoms with Crippen LogP contribution in [0.2, 0.25) is 0 Å². The van der Waals surface area contributed by atoms with Crippen LogP contribution in [0.5, 0.6) is 0 Å². The van der Waals surface area contributed by atoms with Gasteiger partial charge in [-0.25, -0.2) is 0 Å². The fraction of sp³-hybridized carbons (Fsp3) is 0.647. The molecule has 0 radical (unpaired) electrons. The van der Waals surface area contributed by atoms with Gasteiger partial charge in [-0.3, -0.25) is 9.59 Å². The Morgan fingerprint density at radius 3 is 2.10 bits per heavy atom. The van der Waals surface area contributed by atoms with Crippen LogP contribution in [0.25, 0.3) is 0 Å². The molecule has 0 saturated heterocycles. The number of Topliss-reactive ketones (excluding diaryl/α,β-unsaturated/α-hetero) is 1. The molecule has 0 aromatic carbocycles. The van der Waals surface area contributed by atoms with E-state index in [4.69, 9.17) is 4.74 Å². The molecule has 0 saturated carbocycles. The summed E-state index contributed by atoms with van der Waals surface area (Å²) < 4.78 is 4.84. The maximum Gasteiger partial charge on any atom is 0.302 e. The zero-order chi connectivity index (χ0) is 16.5. The van der Waals surface area contributed by atoms with Gasteiger partial charge in [0, 0.05) is 13.3 Å². The predicted octanol–water partition coefficient (Wildman–Crippen LogP) is 3.34. The van der Waals surface area contributed by atoms with Gasteiger partial charge in [-0.15, -0.1) is 0 Å². The number of carbonyl (C=O) groups excluding carboxylic acids is 2. The van der Waals surface area contributed by atoms with Crippen LogP contribution in [0.4, 0.5) is 0 Å². The Balaban J connectivity index is 4.02. The molecule has 0 amide bonds. The molecule has 0 aliphatic rings. The molecule has 0 spiro atoms. The quantitative estimate of drug-likeness (QED) is 0.523. The minimum Gasteiger partial charge on any atom is -0.462 e. The molecule has 0 aromatic heterocycles. The Bertz CT molecular complexity index is 411. The maximum absolute atomic E-state index is 11.6. The van der Waals surface area contributed by atoms with Gasteiger partial charge in [0.2, 0.25) is 0 Å². The first-order valence-electron chi connectivity index (χ1n) is 7.33. The standard InChI is InChI=1S/C17H28O4/c1-13(9-10-16(19)17(4,5)20)7-6-8-14(2)11-12-21-15(3)18/h7,11,20H,6,8-10,12H2,1-5H3/b13-7+,14-11+. The second-order valence-corrected chi connectivity index (χ2v) is 5.92. The van der Waals surface area contributed by atoms with Crippen molar-refractivity contribution < 1.29 is 19.4 Å². The molecule has 0 aliphatic carbocycles. The van der Waals surface area contributed by atoms with Crippen LogP contribution in [-0.4, -0.2) is 29.1 Å². The van der Waals surface area contributed by atoms with Crippen molar-refractivity contribution in [2.45, 2.75) is 65.9 Å². The number of hydrogen-bond donors (Lipinski definition) is 1. The Morgan fingerprint density at radius 2 is 1.57 bits per heavy atom. The first-order valence-corrected chi connectivity index (χ1v) is 7.33. The lowest BCUT2D eigenvalue weighted by Crippen LogP contribution is -2.30. The molecule has 0 bridgehead atoms. The summed E-state index contributed by atoms with van der Waals surface area (Å²) in [5, 5.41) is 9.56. The van der Waals surface area contributed by atoms with Crippen molar-refractivity contribution in [3.05, 3.63) is 23.3 Å². The van der Waals surface area contributed by atoms with E-state index in [2.05, 4.69) is 6.08 Å². The van der Waals surface area contributed by atoms with Crippen LogP contribution < -0.4 is 0 Å². The van der Waals surface area contributed by atoms with Crippen molar-refractivity contribution in [1.82, 2.24) is 0 Å². The average molecular weight is 296 g/mol. The number of aliphatic hydroxyl groups is 1. The van der Waals surface area contributed by atoms with Gasteiger partial charge >= 0.3 is 5.97 Å². The summed E-state index contributed by atoms with van der Waals surface area (Å²) in [6, 6.07) is 0. The highest BCUT2D eigenvalue weighted by molar-refractivity contribution is 5.86. The van der Waals surface area contributed by atoms with Crippen molar-refractivity contribution >= 4 is 11.8 Å². The molecule has 120 valence electrons. The summed E-state index contributed by atoms with van der Waals surface area (Å²) in [5.74, 6) is -0.404. The predicted molar refractivity (Wildman–Crippen MR) is 83.9 cm³/mol. The van der Waals surface area contributed by atoms with E-state index < -0.39 is 5.60 Å². The molecule has 4 heteroatoms. The summed E-state index contributed by atoms with van der Waals surface area (Å²) in [7, 11) is 0. The minimum absolute atomic E-state index is 0.132. The van der Waals surface area contributed by atoms with Gasteiger partial charge in [-0.05, 0) is 53.0 Å². The van der Waals surface area contributed by atoms with E-state index in [0.29, 0.717) is 19.4 Å². The molecule has 0 unspecified atom stereocenters. The molecule has 0 aromatic rings. The largest absolute Gasteiger partial charge is 0.462 e. The summed E-state index contributed by atoms with van der Waals surface area (Å²) in [4.78, 5) is 22.2. The lowest BCUT2D eigenvalue weighted by molar-refractivity contribution is -0.139. The van der Waals surface area contributed by atoms with Gasteiger partial charge in [-0.1, -0.05) is 17.2 Å². The third-order valence-corrected chi connectivity index (χ3v) is 3.18. The van der Waals surface area contributed by atoms with E-state index in [0.717, 1.165) is 18.4 Å². The first-order chi connectivity index (χ1) is 9.62. The van der Waals surface area contributed by atoms with Crippen LogP contribution in [0.15, 0.2) is 23.3 Å². The fourth-order valence-corrected chi connectivity index (χ4v) is 1.67. The number of hydrogen-bond acceptors (Lipinski definition) is 4. The highest BCUT2D eigenvalue weighted by Gasteiger charge is 2.22. The molecule has 0 rings (SSSR count). The van der Waals surface area contributed by atoms with Crippen molar-refractivity contribution in [2.24, 2.45) is 0 Å². The van der Waals surface area contributed by atoms with E-state index in [9.17, 15) is 14.7 Å². The second kappa shape index (κ2) is 9.50. The van der Waals surface area contributed by atoms with Gasteiger partial charge in [0.25, 0.3) is 0 Å². The summed E-state index contributed by atoms with van der Waals surface area (Å²) in [6.07, 6.45) is 6.86. The molecular formula is C17H28O4. The summed E-state index contributed by atoms with van der Waals surface area (Å²) >= 11 is 0. The Kier molecular flexibility index (Phi) is 8.86. The van der Waals surface area contributed by atoms with E-state index >= 15 is 0 Å². The number of ketones is 1. The molecule has 0 atom stereocenters. The van der Waals surface area contributed by atoms with Gasteiger partial charge in [0.1, 0.15) is 12.2 Å². The molecule has 21 heavy (non-hydrogen) atoms. The zero-order valence-corrected chi connectivity index (χ0v) is 13.9. The van der Waals surface area contributed by atoms with E-state index in [1.165, 1.54) is 26.3 Å². The lowest BCUT2D eigenvalue weighted by Gasteiger charge is -2.15. The van der Waals surface area contributed by atoms with Crippen LogP contribution in [-0.2, 0) is 14.3 Å². The second-order valence-electron chi connectivity index (χ2n) is 5.92. The normalized spacial score (nSPS) is 13.2. The Morgan fingerprint density at radius 1 is 1.00 bits per heavy atom. The van der Waals surface area contributed by atoms with Gasteiger partial charge in [-0.2, -0.15) is 0 Å². The smallest absolute Gasteiger partial charge is 0.302 e. The molecule has 0 aliphatic heterocycles. The number of esters is 1. The first kappa shape index (κ1) is 19.6. The molecule has 1 N–H and O–H groups in total. The number of carbonyl (C=O) groups is 2. The van der Waals surface area contributed by atoms with E-state index in [-0.39, 0.29) is 11.8 Å². The Hall–Kier alpha value is -1.42. The highest BCUT2D eigenvalue weighted by Crippen LogP contribution is 2.14. The molecule has 0 heterocycles. The minimum atomic E-state index is -1.24. The van der Waals surface area contributed by atoms with Crippen LogP contribution in [0.1, 0.15) is 60.3 Å². The van der Waals surface area contributed by atoms with E-state index in [1.807, 2.05) is 19.9 Å². The van der Waals surface area contributed by atoms with Crippen molar-refractivity contribution in [2.75, 3.05) is 6.61 Å². The third-order valence-electron chi connectivity index (χ3n) is 3.18. The van der Waals surface area contributed by atoms with Crippen LogP contribution in [0.3, 0.4) is 0 Å². The lowest BCUT2D eigenvalue weighted by atomic mass is 9.97. The Labute approximate surface area is 127 Å². The number of ether oxygens (including phenoxy) is 1. The average Bonchev–Trinajstić information content (AvgIpc) is 2.34. The van der Waals surface area contributed by atoms with E-state index in [1.54, 1.807) is 0 Å². The van der Waals surface area contributed by atoms with Gasteiger partial charge in [0.05, 0.1) is 0 Å². The van der Waals surface area contributed by atoms with Crippen LogP contribution in [0, 0.1) is 0 Å². The molecule has 0 fully saturated rings. The monoisotopic (exact) mass is 296 g/mol. The summed E-state index contributed by atoms with van der Waals surface area (Å²) in [5.41, 5.74) is 1.09. The molecule has 4 nitrogen and oxygen atoms in total. The highest BCUT2D eigenvalue weighted by atomic mass is 16.5. The molecular weight excluding hydrogens is 268 g/mol. The zero-order valence-electron chi connectivity index (χ0n) is 13.9. The van der Waals surface area contributed by atoms with Crippen molar-refractivity contribution in [3.8, 4) is 0 Å². The van der Waals surface area contributed by atoms with Crippen molar-refractivity contribution in [3.63, 3.8) is 0 Å². The van der Waals surface area contributed by atoms with Crippen LogP contribution >= 0.6 is 0 Å². The number of allylic oxidation sites excluding steroid dienone is 3. The topological polar surface area (TPSA) is 63.6 Å². The number of rotatable bonds is 9. The maximum atomic E-state index is 11.6. The fourth-order valence-electron chi connectivity index (χ4n) is 1.67. The van der Waals surface area contributed by atoms with Gasteiger partial charge in [0.15, 0.2) is 5.78 Å². The van der Waals surface area contributed by atoms with Crippen molar-refractivity contribution in [1.29, 1.82) is 0 Å². The summed E-state index contributed by atoms with van der Waals surface area (Å²) in [6.45, 7) is 8.76. The third kappa shape index (κ3) is 11.0.